The van der Waals surface area contributed by atoms with Crippen molar-refractivity contribution in [1.29, 1.82) is 0 Å². The molecule has 0 aliphatic heterocycles. The van der Waals surface area contributed by atoms with E-state index in [1.807, 2.05) is 0 Å². The second kappa shape index (κ2) is 8.77. The number of carbonyl (C=O) groups excluding carboxylic acids is 1. The van der Waals surface area contributed by atoms with E-state index in [9.17, 15) is 4.79 Å². The Morgan fingerprint density at radius 3 is 2.64 bits per heavy atom. The highest BCUT2D eigenvalue weighted by Gasteiger charge is 2.09. The van der Waals surface area contributed by atoms with Crippen molar-refractivity contribution in [3.8, 4) is 0 Å². The fourth-order valence-electron chi connectivity index (χ4n) is 0.867. The maximum absolute atomic E-state index is 10.7. The van der Waals surface area contributed by atoms with Gasteiger partial charge in [-0.15, -0.1) is 0 Å². The number of unbranched alkanes of at least 4 members (excludes halogenated alkanes) is 3. The van der Waals surface area contributed by atoms with Gasteiger partial charge in [0.15, 0.2) is 0 Å². The lowest BCUT2D eigenvalue weighted by molar-refractivity contribution is -0.104. The lowest BCUT2D eigenvalue weighted by atomic mass is 10.2. The SMILES string of the molecule is CCCCCCOC(=O)OC(O)CO. The first-order valence-corrected chi connectivity index (χ1v) is 4.83. The van der Waals surface area contributed by atoms with E-state index >= 15 is 0 Å². The molecule has 2 N–H and O–H groups in total. The molecule has 14 heavy (non-hydrogen) atoms. The monoisotopic (exact) mass is 206 g/mol. The first-order valence-electron chi connectivity index (χ1n) is 4.83. The van der Waals surface area contributed by atoms with Gasteiger partial charge in [0, 0.05) is 0 Å². The fraction of sp³-hybridized carbons (Fsp3) is 0.889. The van der Waals surface area contributed by atoms with Crippen LogP contribution in [0, 0.1) is 0 Å². The van der Waals surface area contributed by atoms with Crippen LogP contribution in [0.3, 0.4) is 0 Å². The minimum atomic E-state index is -1.49. The highest BCUT2D eigenvalue weighted by atomic mass is 16.8. The number of rotatable bonds is 7. The Kier molecular flexibility index (Phi) is 8.27. The van der Waals surface area contributed by atoms with Gasteiger partial charge < -0.3 is 19.7 Å². The van der Waals surface area contributed by atoms with E-state index in [1.165, 1.54) is 0 Å². The number of ether oxygens (including phenoxy) is 2. The summed E-state index contributed by atoms with van der Waals surface area (Å²) < 4.78 is 8.88. The number of carbonyl (C=O) groups is 1. The minimum Gasteiger partial charge on any atom is -0.434 e. The molecule has 0 spiro atoms. The van der Waals surface area contributed by atoms with Gasteiger partial charge in [-0.25, -0.2) is 4.79 Å². The van der Waals surface area contributed by atoms with Crippen LogP contribution >= 0.6 is 0 Å². The quantitative estimate of drug-likeness (QED) is 0.369. The van der Waals surface area contributed by atoms with Crippen molar-refractivity contribution in [2.75, 3.05) is 13.2 Å². The summed E-state index contributed by atoms with van der Waals surface area (Å²) >= 11 is 0. The number of hydrogen-bond acceptors (Lipinski definition) is 5. The number of hydrogen-bond donors (Lipinski definition) is 2. The van der Waals surface area contributed by atoms with Crippen molar-refractivity contribution in [2.45, 2.75) is 38.9 Å². The molecule has 0 bridgehead atoms. The minimum absolute atomic E-state index is 0.289. The Bertz CT molecular complexity index is 148. The average Bonchev–Trinajstić information content (AvgIpc) is 2.17. The molecular weight excluding hydrogens is 188 g/mol. The molecule has 0 heterocycles. The molecule has 0 aliphatic rings. The van der Waals surface area contributed by atoms with Crippen LogP contribution in [-0.4, -0.2) is 35.9 Å². The average molecular weight is 206 g/mol. The lowest BCUT2D eigenvalue weighted by Gasteiger charge is -2.09. The van der Waals surface area contributed by atoms with E-state index in [4.69, 9.17) is 10.2 Å². The second-order valence-electron chi connectivity index (χ2n) is 2.91. The van der Waals surface area contributed by atoms with Crippen molar-refractivity contribution in [3.63, 3.8) is 0 Å². The molecule has 0 amide bonds. The topological polar surface area (TPSA) is 76.0 Å². The molecule has 0 aromatic rings. The first kappa shape index (κ1) is 13.2. The fourth-order valence-corrected chi connectivity index (χ4v) is 0.867. The maximum Gasteiger partial charge on any atom is 0.510 e. The molecule has 5 nitrogen and oxygen atoms in total. The summed E-state index contributed by atoms with van der Waals surface area (Å²) in [5.41, 5.74) is 0. The summed E-state index contributed by atoms with van der Waals surface area (Å²) in [7, 11) is 0. The van der Waals surface area contributed by atoms with E-state index < -0.39 is 19.1 Å². The van der Waals surface area contributed by atoms with Crippen molar-refractivity contribution in [3.05, 3.63) is 0 Å². The van der Waals surface area contributed by atoms with Crippen molar-refractivity contribution < 1.29 is 24.5 Å². The third-order valence-electron chi connectivity index (χ3n) is 1.61. The Hall–Kier alpha value is -0.810. The Morgan fingerprint density at radius 2 is 2.07 bits per heavy atom. The van der Waals surface area contributed by atoms with E-state index in [0.29, 0.717) is 0 Å². The van der Waals surface area contributed by atoms with E-state index in [-0.39, 0.29) is 6.61 Å². The van der Waals surface area contributed by atoms with Crippen LogP contribution < -0.4 is 0 Å². The molecule has 5 heteroatoms. The third-order valence-corrected chi connectivity index (χ3v) is 1.61. The van der Waals surface area contributed by atoms with Gasteiger partial charge in [0.05, 0.1) is 6.61 Å². The Labute approximate surface area is 83.6 Å². The molecule has 0 aromatic heterocycles. The molecule has 1 atom stereocenters. The zero-order valence-electron chi connectivity index (χ0n) is 8.44. The van der Waals surface area contributed by atoms with Gasteiger partial charge in [-0.05, 0) is 6.42 Å². The van der Waals surface area contributed by atoms with Gasteiger partial charge in [0.2, 0.25) is 6.29 Å². The van der Waals surface area contributed by atoms with Crippen LogP contribution in [0.4, 0.5) is 4.79 Å². The third kappa shape index (κ3) is 7.82. The van der Waals surface area contributed by atoms with Gasteiger partial charge in [0.25, 0.3) is 0 Å². The van der Waals surface area contributed by atoms with Gasteiger partial charge in [-0.2, -0.15) is 0 Å². The van der Waals surface area contributed by atoms with Crippen molar-refractivity contribution in [1.82, 2.24) is 0 Å². The predicted molar refractivity (Wildman–Crippen MR) is 49.7 cm³/mol. The van der Waals surface area contributed by atoms with Gasteiger partial charge in [-0.1, -0.05) is 26.2 Å². The van der Waals surface area contributed by atoms with Gasteiger partial charge in [0.1, 0.15) is 6.61 Å². The number of aliphatic hydroxyl groups is 2. The molecule has 1 unspecified atom stereocenters. The number of aliphatic hydroxyl groups excluding tert-OH is 2. The highest BCUT2D eigenvalue weighted by molar-refractivity contribution is 5.59. The zero-order valence-corrected chi connectivity index (χ0v) is 8.44. The molecule has 0 saturated carbocycles. The largest absolute Gasteiger partial charge is 0.510 e. The first-order chi connectivity index (χ1) is 6.70. The summed E-state index contributed by atoms with van der Waals surface area (Å²) in [6.45, 7) is 1.76. The van der Waals surface area contributed by atoms with Gasteiger partial charge >= 0.3 is 6.16 Å². The zero-order chi connectivity index (χ0) is 10.8. The standard InChI is InChI=1S/C9H18O5/c1-2-3-4-5-6-13-9(12)14-8(11)7-10/h8,10-11H,2-7H2,1H3. The highest BCUT2D eigenvalue weighted by Crippen LogP contribution is 2.00. The van der Waals surface area contributed by atoms with E-state index in [2.05, 4.69) is 16.4 Å². The summed E-state index contributed by atoms with van der Waals surface area (Å²) in [4.78, 5) is 10.7. The summed E-state index contributed by atoms with van der Waals surface area (Å²) in [5, 5.41) is 17.0. The van der Waals surface area contributed by atoms with Crippen molar-refractivity contribution >= 4 is 6.16 Å². The van der Waals surface area contributed by atoms with Crippen LogP contribution in [0.5, 0.6) is 0 Å². The smallest absolute Gasteiger partial charge is 0.434 e. The van der Waals surface area contributed by atoms with E-state index in [1.54, 1.807) is 0 Å². The van der Waals surface area contributed by atoms with E-state index in [0.717, 1.165) is 25.7 Å². The van der Waals surface area contributed by atoms with Crippen LogP contribution in [0.25, 0.3) is 0 Å². The molecule has 0 aliphatic carbocycles. The van der Waals surface area contributed by atoms with Gasteiger partial charge in [-0.3, -0.25) is 0 Å². The van der Waals surface area contributed by atoms with Crippen LogP contribution in [0.1, 0.15) is 32.6 Å². The molecule has 0 fully saturated rings. The van der Waals surface area contributed by atoms with Crippen LogP contribution in [-0.2, 0) is 9.47 Å². The second-order valence-corrected chi connectivity index (χ2v) is 2.91. The lowest BCUT2D eigenvalue weighted by Crippen LogP contribution is -2.22. The Balaban J connectivity index is 3.27. The van der Waals surface area contributed by atoms with Crippen molar-refractivity contribution in [2.24, 2.45) is 0 Å². The molecule has 0 aromatic carbocycles. The maximum atomic E-state index is 10.7. The molecular formula is C9H18O5. The Morgan fingerprint density at radius 1 is 1.36 bits per heavy atom. The summed E-state index contributed by atoms with van der Waals surface area (Å²) in [5.74, 6) is 0. The van der Waals surface area contributed by atoms with Crippen LogP contribution in [0.2, 0.25) is 0 Å². The summed E-state index contributed by atoms with van der Waals surface area (Å²) in [6.07, 6.45) is 1.59. The van der Waals surface area contributed by atoms with Crippen LogP contribution in [0.15, 0.2) is 0 Å². The molecule has 84 valence electrons. The molecule has 0 saturated heterocycles. The molecule has 0 rings (SSSR count). The molecule has 0 radical (unpaired) electrons. The summed E-state index contributed by atoms with van der Waals surface area (Å²) in [6, 6.07) is 0. The predicted octanol–water partition coefficient (Wildman–Crippen LogP) is 1.03. The normalized spacial score (nSPS) is 12.2.